The molecule has 0 spiro atoms. The van der Waals surface area contributed by atoms with Gasteiger partial charge in [0.1, 0.15) is 5.69 Å². The molecule has 2 rings (SSSR count). The third-order valence-electron chi connectivity index (χ3n) is 2.25. The number of hydrogen-bond acceptors (Lipinski definition) is 2. The van der Waals surface area contributed by atoms with E-state index in [9.17, 15) is 4.79 Å². The van der Waals surface area contributed by atoms with E-state index in [1.54, 1.807) is 23.0 Å². The zero-order valence-electron chi connectivity index (χ0n) is 9.05. The van der Waals surface area contributed by atoms with Gasteiger partial charge in [0, 0.05) is 24.6 Å². The first-order valence-electron chi connectivity index (χ1n) is 5.19. The first-order chi connectivity index (χ1) is 7.79. The minimum absolute atomic E-state index is 0.0817. The van der Waals surface area contributed by atoms with Crippen molar-refractivity contribution in [1.29, 1.82) is 0 Å². The zero-order chi connectivity index (χ0) is 11.4. The van der Waals surface area contributed by atoms with E-state index < -0.39 is 0 Å². The maximum absolute atomic E-state index is 11.7. The molecule has 0 amide bonds. The minimum atomic E-state index is -0.0817. The predicted molar refractivity (Wildman–Crippen MR) is 62.1 cm³/mol. The van der Waals surface area contributed by atoms with E-state index in [0.717, 1.165) is 12.2 Å². The van der Waals surface area contributed by atoms with Crippen LogP contribution in [0.1, 0.15) is 23.1 Å². The van der Waals surface area contributed by atoms with E-state index >= 15 is 0 Å². The predicted octanol–water partition coefficient (Wildman–Crippen LogP) is 2.13. The molecule has 4 heteroatoms. The van der Waals surface area contributed by atoms with Gasteiger partial charge in [0.05, 0.1) is 0 Å². The third-order valence-corrected chi connectivity index (χ3v) is 2.25. The molecule has 0 radical (unpaired) electrons. The van der Waals surface area contributed by atoms with Gasteiger partial charge in [-0.15, -0.1) is 0 Å². The van der Waals surface area contributed by atoms with Gasteiger partial charge in [-0.2, -0.15) is 5.10 Å². The molecule has 0 aliphatic heterocycles. The van der Waals surface area contributed by atoms with Crippen molar-refractivity contribution < 1.29 is 4.79 Å². The highest BCUT2D eigenvalue weighted by atomic mass is 16.1. The van der Waals surface area contributed by atoms with Gasteiger partial charge in [-0.25, -0.2) is 0 Å². The van der Waals surface area contributed by atoms with Crippen LogP contribution < -0.4 is 0 Å². The average molecular weight is 215 g/mol. The number of aromatic nitrogens is 3. The van der Waals surface area contributed by atoms with Crippen LogP contribution in [0, 0.1) is 0 Å². The van der Waals surface area contributed by atoms with Crippen molar-refractivity contribution in [1.82, 2.24) is 14.8 Å². The average Bonchev–Trinajstić information content (AvgIpc) is 2.96. The summed E-state index contributed by atoms with van der Waals surface area (Å²) < 4.78 is 1.73. The zero-order valence-corrected chi connectivity index (χ0v) is 9.05. The van der Waals surface area contributed by atoms with Gasteiger partial charge < -0.3 is 4.98 Å². The summed E-state index contributed by atoms with van der Waals surface area (Å²) in [5.41, 5.74) is 1.38. The second-order valence-electron chi connectivity index (χ2n) is 3.38. The number of H-pyrrole nitrogens is 1. The van der Waals surface area contributed by atoms with Gasteiger partial charge >= 0.3 is 0 Å². The summed E-state index contributed by atoms with van der Waals surface area (Å²) in [7, 11) is 0. The molecule has 0 saturated heterocycles. The molecule has 4 nitrogen and oxygen atoms in total. The first kappa shape index (κ1) is 10.4. The summed E-state index contributed by atoms with van der Waals surface area (Å²) in [5, 5.41) is 4.13. The number of aromatic amines is 1. The number of carbonyl (C=O) groups excluding carboxylic acids is 1. The lowest BCUT2D eigenvalue weighted by molar-refractivity contribution is 0.104. The molecule has 0 fully saturated rings. The van der Waals surface area contributed by atoms with E-state index in [0.29, 0.717) is 5.69 Å². The summed E-state index contributed by atoms with van der Waals surface area (Å²) in [6.45, 7) is 2.75. The van der Waals surface area contributed by atoms with Gasteiger partial charge in [0.2, 0.25) is 5.78 Å². The van der Waals surface area contributed by atoms with Crippen LogP contribution in [0.3, 0.4) is 0 Å². The van der Waals surface area contributed by atoms with Crippen molar-refractivity contribution in [2.75, 3.05) is 0 Å². The summed E-state index contributed by atoms with van der Waals surface area (Å²) in [5.74, 6) is -0.0817. The standard InChI is InChI=1S/C12H13N3O/c1-2-15-9-7-11(14-15)12(16)6-5-10-4-3-8-13-10/h3-9,13H,2H2,1H3/b6-5+. The monoisotopic (exact) mass is 215 g/mol. The molecule has 2 aromatic rings. The number of allylic oxidation sites excluding steroid dienone is 1. The van der Waals surface area contributed by atoms with E-state index in [1.807, 2.05) is 25.3 Å². The number of nitrogens with zero attached hydrogens (tertiary/aromatic N) is 2. The quantitative estimate of drug-likeness (QED) is 0.627. The molecule has 0 aromatic carbocycles. The fraction of sp³-hybridized carbons (Fsp3) is 0.167. The Hall–Kier alpha value is -2.10. The Kier molecular flexibility index (Phi) is 3.00. The molecule has 2 heterocycles. The largest absolute Gasteiger partial charge is 0.362 e. The van der Waals surface area contributed by atoms with Crippen LogP contribution in [0.2, 0.25) is 0 Å². The Balaban J connectivity index is 2.08. The molecule has 16 heavy (non-hydrogen) atoms. The van der Waals surface area contributed by atoms with Crippen molar-refractivity contribution in [3.8, 4) is 0 Å². The highest BCUT2D eigenvalue weighted by molar-refractivity contribution is 6.05. The van der Waals surface area contributed by atoms with Crippen LogP contribution in [-0.2, 0) is 6.54 Å². The van der Waals surface area contributed by atoms with Gasteiger partial charge in [0.25, 0.3) is 0 Å². The normalized spacial score (nSPS) is 11.1. The molecule has 0 saturated carbocycles. The topological polar surface area (TPSA) is 50.7 Å². The van der Waals surface area contributed by atoms with Crippen LogP contribution >= 0.6 is 0 Å². The Bertz CT molecular complexity index is 494. The molecule has 82 valence electrons. The van der Waals surface area contributed by atoms with Crippen LogP contribution in [0.5, 0.6) is 0 Å². The van der Waals surface area contributed by atoms with Crippen LogP contribution in [0.15, 0.2) is 36.7 Å². The molecule has 0 atom stereocenters. The number of nitrogens with one attached hydrogen (secondary N) is 1. The molecular weight excluding hydrogens is 202 g/mol. The van der Waals surface area contributed by atoms with Crippen molar-refractivity contribution in [3.63, 3.8) is 0 Å². The van der Waals surface area contributed by atoms with Crippen molar-refractivity contribution in [2.24, 2.45) is 0 Å². The van der Waals surface area contributed by atoms with Gasteiger partial charge in [0.15, 0.2) is 0 Å². The number of hydrogen-bond donors (Lipinski definition) is 1. The number of rotatable bonds is 4. The third kappa shape index (κ3) is 2.28. The maximum atomic E-state index is 11.7. The Morgan fingerprint density at radius 2 is 2.44 bits per heavy atom. The van der Waals surface area contributed by atoms with Crippen LogP contribution in [-0.4, -0.2) is 20.5 Å². The van der Waals surface area contributed by atoms with Gasteiger partial charge in [-0.3, -0.25) is 9.48 Å². The highest BCUT2D eigenvalue weighted by Crippen LogP contribution is 2.02. The molecule has 0 aliphatic carbocycles. The van der Waals surface area contributed by atoms with Gasteiger partial charge in [-0.1, -0.05) is 0 Å². The second kappa shape index (κ2) is 4.61. The smallest absolute Gasteiger partial charge is 0.206 e. The summed E-state index contributed by atoms with van der Waals surface area (Å²) >= 11 is 0. The van der Waals surface area contributed by atoms with Crippen LogP contribution in [0.4, 0.5) is 0 Å². The van der Waals surface area contributed by atoms with E-state index in [4.69, 9.17) is 0 Å². The number of aryl methyl sites for hydroxylation is 1. The molecular formula is C12H13N3O. The minimum Gasteiger partial charge on any atom is -0.362 e. The fourth-order valence-electron chi connectivity index (χ4n) is 1.37. The summed E-state index contributed by atoms with van der Waals surface area (Å²) in [6.07, 6.45) is 6.88. The Morgan fingerprint density at radius 1 is 1.56 bits per heavy atom. The SMILES string of the molecule is CCn1ccc(C(=O)/C=C/c2ccc[nH]2)n1. The second-order valence-corrected chi connectivity index (χ2v) is 3.38. The van der Waals surface area contributed by atoms with Crippen molar-refractivity contribution in [3.05, 3.63) is 48.1 Å². The van der Waals surface area contributed by atoms with Crippen molar-refractivity contribution >= 4 is 11.9 Å². The lowest BCUT2D eigenvalue weighted by Crippen LogP contribution is -1.99. The lowest BCUT2D eigenvalue weighted by atomic mass is 10.2. The summed E-state index contributed by atoms with van der Waals surface area (Å²) in [4.78, 5) is 14.7. The van der Waals surface area contributed by atoms with Crippen LogP contribution in [0.25, 0.3) is 6.08 Å². The Morgan fingerprint density at radius 3 is 3.06 bits per heavy atom. The van der Waals surface area contributed by atoms with Gasteiger partial charge in [-0.05, 0) is 37.3 Å². The van der Waals surface area contributed by atoms with E-state index in [2.05, 4.69) is 10.1 Å². The maximum Gasteiger partial charge on any atom is 0.206 e. The van der Waals surface area contributed by atoms with E-state index in [1.165, 1.54) is 6.08 Å². The Labute approximate surface area is 93.6 Å². The van der Waals surface area contributed by atoms with E-state index in [-0.39, 0.29) is 5.78 Å². The molecule has 1 N–H and O–H groups in total. The lowest BCUT2D eigenvalue weighted by Gasteiger charge is -1.91. The fourth-order valence-corrected chi connectivity index (χ4v) is 1.37. The molecule has 0 aliphatic rings. The highest BCUT2D eigenvalue weighted by Gasteiger charge is 2.04. The van der Waals surface area contributed by atoms with Crippen molar-refractivity contribution in [2.45, 2.75) is 13.5 Å². The molecule has 0 unspecified atom stereocenters. The molecule has 2 aromatic heterocycles. The number of ketones is 1. The molecule has 0 bridgehead atoms. The number of carbonyl (C=O) groups is 1. The first-order valence-corrected chi connectivity index (χ1v) is 5.19. The summed E-state index contributed by atoms with van der Waals surface area (Å²) in [6, 6.07) is 5.51.